The number of aromatic carboxylic acids is 1. The first kappa shape index (κ1) is 11.2. The average molecular weight is 222 g/mol. The van der Waals surface area contributed by atoms with Gasteiger partial charge in [0.1, 0.15) is 11.5 Å². The molecular formula is C12H16NO3-. The highest BCUT2D eigenvalue weighted by atomic mass is 16.5. The number of carbonyl (C=O) groups is 1. The fraction of sp³-hybridized carbons (Fsp3) is 0.667. The van der Waals surface area contributed by atoms with Gasteiger partial charge in [-0.1, -0.05) is 25.9 Å². The number of hydrogen-bond acceptors (Lipinski definition) is 4. The fourth-order valence-electron chi connectivity index (χ4n) is 2.30. The van der Waals surface area contributed by atoms with Crippen LogP contribution in [-0.2, 0) is 12.8 Å². The van der Waals surface area contributed by atoms with E-state index in [1.807, 2.05) is 0 Å². The van der Waals surface area contributed by atoms with Gasteiger partial charge in [0.05, 0.1) is 5.97 Å². The predicted octanol–water partition coefficient (Wildman–Crippen LogP) is 1.19. The van der Waals surface area contributed by atoms with Crippen molar-refractivity contribution in [2.45, 2.75) is 40.0 Å². The normalized spacial score (nSPS) is 20.6. The van der Waals surface area contributed by atoms with Crippen LogP contribution < -0.4 is 5.11 Å². The molecule has 0 aromatic carbocycles. The Hall–Kier alpha value is -1.32. The van der Waals surface area contributed by atoms with E-state index < -0.39 is 5.97 Å². The zero-order valence-electron chi connectivity index (χ0n) is 9.87. The molecule has 0 saturated carbocycles. The Balaban J connectivity index is 2.31. The van der Waals surface area contributed by atoms with Crippen LogP contribution in [0.4, 0.5) is 0 Å². The second-order valence-corrected chi connectivity index (χ2v) is 5.53. The van der Waals surface area contributed by atoms with E-state index in [1.165, 1.54) is 0 Å². The molecule has 0 N–H and O–H groups in total. The topological polar surface area (TPSA) is 66.2 Å². The van der Waals surface area contributed by atoms with Crippen molar-refractivity contribution in [2.24, 2.45) is 11.3 Å². The average Bonchev–Trinajstić information content (AvgIpc) is 2.58. The lowest BCUT2D eigenvalue weighted by atomic mass is 9.72. The Morgan fingerprint density at radius 1 is 1.50 bits per heavy atom. The minimum absolute atomic E-state index is 0.0102. The van der Waals surface area contributed by atoms with E-state index in [0.717, 1.165) is 30.6 Å². The van der Waals surface area contributed by atoms with Gasteiger partial charge >= 0.3 is 0 Å². The maximum Gasteiger partial charge on any atom is 0.140 e. The van der Waals surface area contributed by atoms with Crippen LogP contribution in [0.3, 0.4) is 0 Å². The Morgan fingerprint density at radius 2 is 2.19 bits per heavy atom. The molecule has 1 aromatic rings. The molecule has 2 rings (SSSR count). The zero-order valence-corrected chi connectivity index (χ0v) is 9.87. The first-order valence-corrected chi connectivity index (χ1v) is 5.58. The zero-order chi connectivity index (χ0) is 11.9. The third-order valence-electron chi connectivity index (χ3n) is 3.46. The number of aryl methyl sites for hydroxylation is 1. The summed E-state index contributed by atoms with van der Waals surface area (Å²) < 4.78 is 5.04. The summed E-state index contributed by atoms with van der Waals surface area (Å²) in [5, 5.41) is 14.4. The summed E-state index contributed by atoms with van der Waals surface area (Å²) in [5.74, 6) is -0.0447. The van der Waals surface area contributed by atoms with Gasteiger partial charge in [-0.05, 0) is 24.2 Å². The summed E-state index contributed by atoms with van der Waals surface area (Å²) in [6.07, 6.45) is 2.53. The number of hydrogen-bond donors (Lipinski definition) is 0. The van der Waals surface area contributed by atoms with E-state index in [-0.39, 0.29) is 11.1 Å². The number of carboxylic acid groups (broad SMARTS) is 1. The Kier molecular flexibility index (Phi) is 2.52. The summed E-state index contributed by atoms with van der Waals surface area (Å²) in [4.78, 5) is 10.9. The molecule has 1 aliphatic rings. The van der Waals surface area contributed by atoms with Crippen molar-refractivity contribution in [2.75, 3.05) is 0 Å². The van der Waals surface area contributed by atoms with Crippen molar-refractivity contribution in [3.63, 3.8) is 0 Å². The van der Waals surface area contributed by atoms with Gasteiger partial charge in [0.15, 0.2) is 0 Å². The van der Waals surface area contributed by atoms with E-state index >= 15 is 0 Å². The molecule has 16 heavy (non-hydrogen) atoms. The minimum Gasteiger partial charge on any atom is -0.543 e. The second kappa shape index (κ2) is 3.61. The van der Waals surface area contributed by atoms with Crippen LogP contribution in [0.5, 0.6) is 0 Å². The van der Waals surface area contributed by atoms with Gasteiger partial charge in [-0.15, -0.1) is 0 Å². The molecule has 0 bridgehead atoms. The maximum absolute atomic E-state index is 10.9. The van der Waals surface area contributed by atoms with Crippen LogP contribution in [-0.4, -0.2) is 11.1 Å². The molecule has 0 radical (unpaired) electrons. The van der Waals surface area contributed by atoms with Crippen molar-refractivity contribution < 1.29 is 14.4 Å². The van der Waals surface area contributed by atoms with E-state index in [2.05, 4.69) is 25.9 Å². The molecule has 4 nitrogen and oxygen atoms in total. The van der Waals surface area contributed by atoms with Gasteiger partial charge in [0.2, 0.25) is 0 Å². The summed E-state index contributed by atoms with van der Waals surface area (Å²) in [6, 6.07) is 0. The van der Waals surface area contributed by atoms with Gasteiger partial charge in [0, 0.05) is 12.0 Å². The highest BCUT2D eigenvalue weighted by Gasteiger charge is 2.32. The lowest BCUT2D eigenvalue weighted by Crippen LogP contribution is -2.29. The molecule has 0 spiro atoms. The summed E-state index contributed by atoms with van der Waals surface area (Å²) in [5.41, 5.74) is 0.910. The van der Waals surface area contributed by atoms with E-state index in [4.69, 9.17) is 4.52 Å². The van der Waals surface area contributed by atoms with Crippen molar-refractivity contribution in [1.82, 2.24) is 5.16 Å². The van der Waals surface area contributed by atoms with Gasteiger partial charge < -0.3 is 14.4 Å². The number of rotatable bonds is 1. The molecule has 1 aromatic heterocycles. The standard InChI is InChI=1S/C12H17NO3/c1-12(2,3)7-4-5-9-8(6-7)10(11(14)15)13-16-9/h7H,4-6H2,1-3H3,(H,14,15)/p-1/t7-/m1/s1. The highest BCUT2D eigenvalue weighted by Crippen LogP contribution is 2.38. The second-order valence-electron chi connectivity index (χ2n) is 5.53. The highest BCUT2D eigenvalue weighted by molar-refractivity contribution is 5.85. The minimum atomic E-state index is -1.24. The molecule has 4 heteroatoms. The van der Waals surface area contributed by atoms with Gasteiger partial charge in [-0.2, -0.15) is 0 Å². The molecule has 1 aliphatic carbocycles. The van der Waals surface area contributed by atoms with E-state index in [0.29, 0.717) is 5.92 Å². The molecule has 88 valence electrons. The van der Waals surface area contributed by atoms with Crippen molar-refractivity contribution in [1.29, 1.82) is 0 Å². The number of nitrogens with zero attached hydrogens (tertiary/aromatic N) is 1. The molecule has 0 saturated heterocycles. The van der Waals surface area contributed by atoms with Gasteiger partial charge in [-0.25, -0.2) is 0 Å². The van der Waals surface area contributed by atoms with Gasteiger partial charge in [0.25, 0.3) is 0 Å². The lowest BCUT2D eigenvalue weighted by Gasteiger charge is -2.33. The summed E-state index contributed by atoms with van der Waals surface area (Å²) in [7, 11) is 0. The molecule has 1 heterocycles. The first-order valence-electron chi connectivity index (χ1n) is 5.58. The van der Waals surface area contributed by atoms with Crippen LogP contribution in [0, 0.1) is 11.3 Å². The number of aromatic nitrogens is 1. The lowest BCUT2D eigenvalue weighted by molar-refractivity contribution is -0.255. The number of fused-ring (bicyclic) bond motifs is 1. The van der Waals surface area contributed by atoms with Crippen LogP contribution in [0.2, 0.25) is 0 Å². The molecule has 0 fully saturated rings. The first-order chi connectivity index (χ1) is 7.39. The molecule has 0 amide bonds. The Morgan fingerprint density at radius 3 is 2.75 bits per heavy atom. The van der Waals surface area contributed by atoms with E-state index in [1.54, 1.807) is 0 Å². The molecule has 0 unspecified atom stereocenters. The molecule has 1 atom stereocenters. The van der Waals surface area contributed by atoms with Crippen molar-refractivity contribution in [3.05, 3.63) is 17.0 Å². The summed E-state index contributed by atoms with van der Waals surface area (Å²) in [6.45, 7) is 6.53. The monoisotopic (exact) mass is 222 g/mol. The Labute approximate surface area is 94.6 Å². The quantitative estimate of drug-likeness (QED) is 0.715. The third kappa shape index (κ3) is 1.84. The molecular weight excluding hydrogens is 206 g/mol. The predicted molar refractivity (Wildman–Crippen MR) is 55.8 cm³/mol. The van der Waals surface area contributed by atoms with Crippen molar-refractivity contribution in [3.8, 4) is 0 Å². The SMILES string of the molecule is CC(C)(C)[C@@H]1CCc2onc(C(=O)[O-])c2C1. The Bertz CT molecular complexity index is 414. The number of carbonyl (C=O) groups excluding carboxylic acids is 1. The van der Waals surface area contributed by atoms with Crippen LogP contribution in [0.25, 0.3) is 0 Å². The van der Waals surface area contributed by atoms with Gasteiger partial charge in [-0.3, -0.25) is 0 Å². The molecule has 0 aliphatic heterocycles. The summed E-state index contributed by atoms with van der Waals surface area (Å²) >= 11 is 0. The van der Waals surface area contributed by atoms with Crippen molar-refractivity contribution >= 4 is 5.97 Å². The number of carboxylic acids is 1. The largest absolute Gasteiger partial charge is 0.543 e. The fourth-order valence-corrected chi connectivity index (χ4v) is 2.30. The van der Waals surface area contributed by atoms with Crippen LogP contribution >= 0.6 is 0 Å². The van der Waals surface area contributed by atoms with Crippen LogP contribution in [0.1, 0.15) is 49.0 Å². The third-order valence-corrected chi connectivity index (χ3v) is 3.46. The smallest absolute Gasteiger partial charge is 0.140 e. The van der Waals surface area contributed by atoms with Crippen LogP contribution in [0.15, 0.2) is 4.52 Å². The van der Waals surface area contributed by atoms with E-state index in [9.17, 15) is 9.90 Å². The maximum atomic E-state index is 10.9.